The quantitative estimate of drug-likeness (QED) is 0.494. The summed E-state index contributed by atoms with van der Waals surface area (Å²) in [6.07, 6.45) is 1.50. The molecule has 0 heterocycles. The van der Waals surface area contributed by atoms with Crippen LogP contribution >= 0.6 is 0 Å². The van der Waals surface area contributed by atoms with E-state index in [0.717, 1.165) is 0 Å². The maximum absolute atomic E-state index is 12.6. The van der Waals surface area contributed by atoms with Crippen molar-refractivity contribution in [1.29, 1.82) is 0 Å². The number of carbonyl (C=O) groups is 1. The molecule has 142 valence electrons. The second kappa shape index (κ2) is 9.23. The smallest absolute Gasteiger partial charge is 0.275 e. The van der Waals surface area contributed by atoms with Crippen LogP contribution in [0.15, 0.2) is 77.9 Å². The summed E-state index contributed by atoms with van der Waals surface area (Å²) in [7, 11) is 3.11. The number of hydrogen-bond donors (Lipinski definition) is 1. The van der Waals surface area contributed by atoms with Crippen molar-refractivity contribution >= 4 is 12.1 Å². The molecule has 0 unspecified atom stereocenters. The third-order valence-electron chi connectivity index (χ3n) is 3.91. The second-order valence-electron chi connectivity index (χ2n) is 5.69. The molecule has 6 nitrogen and oxygen atoms in total. The zero-order valence-corrected chi connectivity index (χ0v) is 15.6. The number of benzene rings is 3. The lowest BCUT2D eigenvalue weighted by molar-refractivity contribution is 0.0953. The van der Waals surface area contributed by atoms with Crippen molar-refractivity contribution in [2.24, 2.45) is 5.10 Å². The highest BCUT2D eigenvalue weighted by molar-refractivity contribution is 5.97. The molecule has 0 bridgehead atoms. The lowest BCUT2D eigenvalue weighted by atomic mass is 10.2. The molecule has 1 amide bonds. The number of hydrogen-bond acceptors (Lipinski definition) is 5. The predicted molar refractivity (Wildman–Crippen MR) is 108 cm³/mol. The van der Waals surface area contributed by atoms with E-state index in [1.807, 2.05) is 42.5 Å². The fourth-order valence-electron chi connectivity index (χ4n) is 2.59. The fourth-order valence-corrected chi connectivity index (χ4v) is 2.59. The van der Waals surface area contributed by atoms with Crippen LogP contribution in [0, 0.1) is 0 Å². The van der Waals surface area contributed by atoms with Gasteiger partial charge in [0.25, 0.3) is 5.91 Å². The first-order valence-corrected chi connectivity index (χ1v) is 8.59. The Bertz CT molecular complexity index is 971. The van der Waals surface area contributed by atoms with Gasteiger partial charge in [-0.05, 0) is 36.4 Å². The van der Waals surface area contributed by atoms with Crippen molar-refractivity contribution in [3.63, 3.8) is 0 Å². The molecule has 6 heteroatoms. The first kappa shape index (κ1) is 19.0. The Labute approximate surface area is 163 Å². The predicted octanol–water partition coefficient (Wildman–Crippen LogP) is 4.26. The van der Waals surface area contributed by atoms with E-state index in [2.05, 4.69) is 10.5 Å². The molecule has 0 atom stereocenters. The Hall–Kier alpha value is -3.80. The van der Waals surface area contributed by atoms with E-state index in [1.54, 1.807) is 44.6 Å². The first-order valence-electron chi connectivity index (χ1n) is 8.59. The van der Waals surface area contributed by atoms with E-state index in [9.17, 15) is 4.79 Å². The van der Waals surface area contributed by atoms with E-state index in [4.69, 9.17) is 14.2 Å². The molecule has 0 saturated heterocycles. The zero-order valence-electron chi connectivity index (χ0n) is 15.6. The Kier molecular flexibility index (Phi) is 6.25. The standard InChI is InChI=1S/C22H20N2O4/c1-26-20-14-8-9-16(21(20)27-2)15-23-24-22(25)18-12-6-7-13-19(18)28-17-10-4-3-5-11-17/h3-15H,1-2H3,(H,24,25). The molecule has 0 spiro atoms. The van der Waals surface area contributed by atoms with Crippen molar-refractivity contribution in [2.75, 3.05) is 14.2 Å². The topological polar surface area (TPSA) is 69.2 Å². The minimum atomic E-state index is -0.385. The van der Waals surface area contributed by atoms with Gasteiger partial charge >= 0.3 is 0 Å². The maximum Gasteiger partial charge on any atom is 0.275 e. The van der Waals surface area contributed by atoms with E-state index in [0.29, 0.717) is 34.1 Å². The third-order valence-corrected chi connectivity index (χ3v) is 3.91. The minimum Gasteiger partial charge on any atom is -0.493 e. The molecule has 0 aromatic heterocycles. The summed E-state index contributed by atoms with van der Waals surface area (Å²) < 4.78 is 16.4. The van der Waals surface area contributed by atoms with Crippen LogP contribution in [0.1, 0.15) is 15.9 Å². The number of hydrazone groups is 1. The lowest BCUT2D eigenvalue weighted by Crippen LogP contribution is -2.18. The molecule has 0 aliphatic heterocycles. The number of rotatable bonds is 7. The molecule has 0 aliphatic rings. The van der Waals surface area contributed by atoms with Crippen LogP contribution in [0.3, 0.4) is 0 Å². The van der Waals surface area contributed by atoms with Crippen LogP contribution in [0.4, 0.5) is 0 Å². The van der Waals surface area contributed by atoms with E-state index >= 15 is 0 Å². The third kappa shape index (κ3) is 4.48. The Morgan fingerprint density at radius 3 is 2.32 bits per heavy atom. The Morgan fingerprint density at radius 2 is 1.57 bits per heavy atom. The molecular formula is C22H20N2O4. The molecule has 3 aromatic carbocycles. The van der Waals surface area contributed by atoms with E-state index < -0.39 is 0 Å². The van der Waals surface area contributed by atoms with Gasteiger partial charge in [0.2, 0.25) is 0 Å². The summed E-state index contributed by atoms with van der Waals surface area (Å²) in [6.45, 7) is 0. The monoisotopic (exact) mass is 376 g/mol. The van der Waals surface area contributed by atoms with Crippen molar-refractivity contribution in [2.45, 2.75) is 0 Å². The van der Waals surface area contributed by atoms with Crippen molar-refractivity contribution in [3.05, 3.63) is 83.9 Å². The molecule has 0 aliphatic carbocycles. The summed E-state index contributed by atoms with van der Waals surface area (Å²) in [5, 5.41) is 4.03. The van der Waals surface area contributed by atoms with Crippen LogP contribution in [-0.2, 0) is 0 Å². The van der Waals surface area contributed by atoms with E-state index in [-0.39, 0.29) is 5.91 Å². The van der Waals surface area contributed by atoms with Crippen molar-refractivity contribution in [3.8, 4) is 23.0 Å². The Balaban J connectivity index is 1.75. The molecule has 3 rings (SSSR count). The van der Waals surface area contributed by atoms with Gasteiger partial charge in [-0.3, -0.25) is 4.79 Å². The number of amides is 1. The summed E-state index contributed by atoms with van der Waals surface area (Å²) in [5.74, 6) is 1.83. The van der Waals surface area contributed by atoms with Gasteiger partial charge in [0.1, 0.15) is 11.5 Å². The SMILES string of the molecule is COc1cccc(C=NNC(=O)c2ccccc2Oc2ccccc2)c1OC. The maximum atomic E-state index is 12.6. The largest absolute Gasteiger partial charge is 0.493 e. The van der Waals surface area contributed by atoms with Crippen LogP contribution < -0.4 is 19.6 Å². The molecule has 0 saturated carbocycles. The average Bonchev–Trinajstić information content (AvgIpc) is 2.74. The second-order valence-corrected chi connectivity index (χ2v) is 5.69. The highest BCUT2D eigenvalue weighted by Gasteiger charge is 2.12. The van der Waals surface area contributed by atoms with Gasteiger partial charge < -0.3 is 14.2 Å². The number of ether oxygens (including phenoxy) is 3. The number of nitrogens with one attached hydrogen (secondary N) is 1. The molecule has 0 fully saturated rings. The van der Waals surface area contributed by atoms with Crippen LogP contribution in [-0.4, -0.2) is 26.3 Å². The molecule has 3 aromatic rings. The minimum absolute atomic E-state index is 0.376. The van der Waals surface area contributed by atoms with Gasteiger partial charge in [-0.25, -0.2) is 5.43 Å². The van der Waals surface area contributed by atoms with Crippen molar-refractivity contribution < 1.29 is 19.0 Å². The summed E-state index contributed by atoms with van der Waals surface area (Å²) in [5.41, 5.74) is 3.57. The summed E-state index contributed by atoms with van der Waals surface area (Å²) >= 11 is 0. The van der Waals surface area contributed by atoms with Gasteiger partial charge in [-0.2, -0.15) is 5.10 Å². The zero-order chi connectivity index (χ0) is 19.8. The lowest BCUT2D eigenvalue weighted by Gasteiger charge is -2.10. The summed E-state index contributed by atoms with van der Waals surface area (Å²) in [4.78, 5) is 12.6. The molecule has 1 N–H and O–H groups in total. The van der Waals surface area contributed by atoms with Crippen LogP contribution in [0.2, 0.25) is 0 Å². The van der Waals surface area contributed by atoms with E-state index in [1.165, 1.54) is 6.21 Å². The number of nitrogens with zero attached hydrogens (tertiary/aromatic N) is 1. The van der Waals surface area contributed by atoms with Crippen LogP contribution in [0.25, 0.3) is 0 Å². The first-order chi connectivity index (χ1) is 13.7. The number of para-hydroxylation sites is 3. The van der Waals surface area contributed by atoms with Gasteiger partial charge in [0.05, 0.1) is 26.0 Å². The van der Waals surface area contributed by atoms with Gasteiger partial charge in [-0.15, -0.1) is 0 Å². The van der Waals surface area contributed by atoms with Crippen LogP contribution in [0.5, 0.6) is 23.0 Å². The highest BCUT2D eigenvalue weighted by Crippen LogP contribution is 2.29. The molecule has 0 radical (unpaired) electrons. The molecule has 28 heavy (non-hydrogen) atoms. The fraction of sp³-hybridized carbons (Fsp3) is 0.0909. The summed E-state index contributed by atoms with van der Waals surface area (Å²) in [6, 6.07) is 21.7. The number of carbonyl (C=O) groups excluding carboxylic acids is 1. The Morgan fingerprint density at radius 1 is 0.857 bits per heavy atom. The highest BCUT2D eigenvalue weighted by atomic mass is 16.5. The average molecular weight is 376 g/mol. The normalized spacial score (nSPS) is 10.5. The van der Waals surface area contributed by atoms with Crippen molar-refractivity contribution in [1.82, 2.24) is 5.43 Å². The number of methoxy groups -OCH3 is 2. The van der Waals surface area contributed by atoms with Gasteiger partial charge in [-0.1, -0.05) is 36.4 Å². The molecular weight excluding hydrogens is 356 g/mol. The van der Waals surface area contributed by atoms with Gasteiger partial charge in [0.15, 0.2) is 11.5 Å². The van der Waals surface area contributed by atoms with Gasteiger partial charge in [0, 0.05) is 5.56 Å².